The third-order valence-corrected chi connectivity index (χ3v) is 3.14. The van der Waals surface area contributed by atoms with Crippen molar-refractivity contribution < 1.29 is 8.78 Å². The second kappa shape index (κ2) is 3.77. The van der Waals surface area contributed by atoms with Gasteiger partial charge in [-0.3, -0.25) is 0 Å². The van der Waals surface area contributed by atoms with Gasteiger partial charge in [0.2, 0.25) is 5.92 Å². The molecule has 0 heterocycles. The number of allylic oxidation sites excluding steroid dienone is 1. The van der Waals surface area contributed by atoms with Gasteiger partial charge < -0.3 is 0 Å². The van der Waals surface area contributed by atoms with Crippen LogP contribution in [-0.2, 0) is 0 Å². The van der Waals surface area contributed by atoms with Crippen LogP contribution in [0.15, 0.2) is 12.2 Å². The highest BCUT2D eigenvalue weighted by Crippen LogP contribution is 2.39. The van der Waals surface area contributed by atoms with Gasteiger partial charge >= 0.3 is 0 Å². The van der Waals surface area contributed by atoms with Crippen molar-refractivity contribution in [2.24, 2.45) is 11.8 Å². The van der Waals surface area contributed by atoms with E-state index in [4.69, 9.17) is 0 Å². The molecular formula is C11H18F2. The van der Waals surface area contributed by atoms with Crippen molar-refractivity contribution in [1.29, 1.82) is 0 Å². The molecule has 0 spiro atoms. The Balaban J connectivity index is 2.44. The Hall–Kier alpha value is -0.400. The van der Waals surface area contributed by atoms with E-state index in [-0.39, 0.29) is 0 Å². The molecular weight excluding hydrogens is 170 g/mol. The minimum absolute atomic E-state index is 0.400. The van der Waals surface area contributed by atoms with Gasteiger partial charge in [0.15, 0.2) is 0 Å². The SMILES string of the molecule is C=C(C)C1CCC(C(C)(F)F)CC1. The molecule has 0 unspecified atom stereocenters. The Labute approximate surface area is 79.0 Å². The van der Waals surface area contributed by atoms with E-state index < -0.39 is 11.8 Å². The summed E-state index contributed by atoms with van der Waals surface area (Å²) in [5, 5.41) is 0. The van der Waals surface area contributed by atoms with Crippen LogP contribution in [0.25, 0.3) is 0 Å². The summed E-state index contributed by atoms with van der Waals surface area (Å²) < 4.78 is 25.8. The minimum atomic E-state index is -2.49. The van der Waals surface area contributed by atoms with E-state index in [0.29, 0.717) is 18.8 Å². The zero-order chi connectivity index (χ0) is 10.1. The molecule has 0 atom stereocenters. The number of rotatable bonds is 2. The lowest BCUT2D eigenvalue weighted by Gasteiger charge is -2.32. The highest BCUT2D eigenvalue weighted by atomic mass is 19.3. The summed E-state index contributed by atoms with van der Waals surface area (Å²) in [6, 6.07) is 0. The summed E-state index contributed by atoms with van der Waals surface area (Å²) in [5.41, 5.74) is 1.15. The summed E-state index contributed by atoms with van der Waals surface area (Å²) >= 11 is 0. The average Bonchev–Trinajstić information content (AvgIpc) is 2.03. The van der Waals surface area contributed by atoms with Gasteiger partial charge in [-0.2, -0.15) is 0 Å². The Bertz CT molecular complexity index is 183. The molecule has 0 aliphatic heterocycles. The maximum Gasteiger partial charge on any atom is 0.248 e. The Morgan fingerprint density at radius 1 is 1.23 bits per heavy atom. The standard InChI is InChI=1S/C11H18F2/c1-8(2)9-4-6-10(7-5-9)11(3,12)13/h9-10H,1,4-7H2,2-3H3. The van der Waals surface area contributed by atoms with Crippen LogP contribution in [0.4, 0.5) is 8.78 Å². The quantitative estimate of drug-likeness (QED) is 0.574. The molecule has 0 nitrogen and oxygen atoms in total. The number of hydrogen-bond acceptors (Lipinski definition) is 0. The molecule has 0 aromatic carbocycles. The second-order valence-corrected chi connectivity index (χ2v) is 4.35. The molecule has 76 valence electrons. The predicted octanol–water partition coefficient (Wildman–Crippen LogP) is 4.02. The molecule has 0 amide bonds. The van der Waals surface area contributed by atoms with Crippen molar-refractivity contribution in [3.05, 3.63) is 12.2 Å². The summed E-state index contributed by atoms with van der Waals surface area (Å²) in [5.74, 6) is -2.40. The van der Waals surface area contributed by atoms with E-state index in [2.05, 4.69) is 6.58 Å². The zero-order valence-electron chi connectivity index (χ0n) is 8.45. The van der Waals surface area contributed by atoms with Crippen molar-refractivity contribution in [3.63, 3.8) is 0 Å². The number of hydrogen-bond donors (Lipinski definition) is 0. The lowest BCUT2D eigenvalue weighted by atomic mass is 9.77. The summed E-state index contributed by atoms with van der Waals surface area (Å²) in [6.45, 7) is 6.91. The van der Waals surface area contributed by atoms with Crippen LogP contribution in [0.3, 0.4) is 0 Å². The van der Waals surface area contributed by atoms with E-state index >= 15 is 0 Å². The first kappa shape index (κ1) is 10.7. The van der Waals surface area contributed by atoms with E-state index in [1.165, 1.54) is 0 Å². The van der Waals surface area contributed by atoms with Gasteiger partial charge in [0, 0.05) is 5.92 Å². The van der Waals surface area contributed by atoms with Gasteiger partial charge in [0.25, 0.3) is 0 Å². The Morgan fingerprint density at radius 3 is 2.00 bits per heavy atom. The first-order valence-corrected chi connectivity index (χ1v) is 4.94. The lowest BCUT2D eigenvalue weighted by molar-refractivity contribution is -0.0562. The first-order chi connectivity index (χ1) is 5.91. The monoisotopic (exact) mass is 188 g/mol. The second-order valence-electron chi connectivity index (χ2n) is 4.35. The van der Waals surface area contributed by atoms with Gasteiger partial charge in [0.05, 0.1) is 0 Å². The van der Waals surface area contributed by atoms with Crippen LogP contribution in [0.5, 0.6) is 0 Å². The van der Waals surface area contributed by atoms with Gasteiger partial charge in [-0.1, -0.05) is 12.2 Å². The molecule has 0 aromatic rings. The molecule has 0 N–H and O–H groups in total. The third kappa shape index (κ3) is 2.78. The predicted molar refractivity (Wildman–Crippen MR) is 50.9 cm³/mol. The fourth-order valence-electron chi connectivity index (χ4n) is 2.09. The maximum absolute atomic E-state index is 12.9. The summed E-state index contributed by atoms with van der Waals surface area (Å²) in [6.07, 6.45) is 3.09. The highest BCUT2D eigenvalue weighted by Gasteiger charge is 2.36. The van der Waals surface area contributed by atoms with E-state index in [9.17, 15) is 8.78 Å². The molecule has 1 rings (SSSR count). The molecule has 2 heteroatoms. The van der Waals surface area contributed by atoms with Crippen molar-refractivity contribution in [3.8, 4) is 0 Å². The van der Waals surface area contributed by atoms with Crippen LogP contribution in [-0.4, -0.2) is 5.92 Å². The smallest absolute Gasteiger partial charge is 0.207 e. The minimum Gasteiger partial charge on any atom is -0.207 e. The summed E-state index contributed by atoms with van der Waals surface area (Å²) in [7, 11) is 0. The fourth-order valence-corrected chi connectivity index (χ4v) is 2.09. The van der Waals surface area contributed by atoms with E-state index in [1.54, 1.807) is 0 Å². The van der Waals surface area contributed by atoms with E-state index in [0.717, 1.165) is 25.3 Å². The van der Waals surface area contributed by atoms with E-state index in [1.807, 2.05) is 6.92 Å². The van der Waals surface area contributed by atoms with Crippen molar-refractivity contribution in [2.75, 3.05) is 0 Å². The van der Waals surface area contributed by atoms with Gasteiger partial charge in [0.1, 0.15) is 0 Å². The first-order valence-electron chi connectivity index (χ1n) is 4.94. The fraction of sp³-hybridized carbons (Fsp3) is 0.818. The Morgan fingerprint density at radius 2 is 1.69 bits per heavy atom. The molecule has 0 bridgehead atoms. The molecule has 13 heavy (non-hydrogen) atoms. The van der Waals surface area contributed by atoms with Crippen LogP contribution < -0.4 is 0 Å². The zero-order valence-corrected chi connectivity index (χ0v) is 8.45. The van der Waals surface area contributed by atoms with Crippen molar-refractivity contribution in [2.45, 2.75) is 45.5 Å². The maximum atomic E-state index is 12.9. The number of alkyl halides is 2. The largest absolute Gasteiger partial charge is 0.248 e. The topological polar surface area (TPSA) is 0 Å². The van der Waals surface area contributed by atoms with Crippen molar-refractivity contribution >= 4 is 0 Å². The third-order valence-electron chi connectivity index (χ3n) is 3.14. The molecule has 1 saturated carbocycles. The number of halogens is 2. The van der Waals surface area contributed by atoms with Crippen LogP contribution in [0.1, 0.15) is 39.5 Å². The Kier molecular flexibility index (Phi) is 3.09. The van der Waals surface area contributed by atoms with Crippen LogP contribution in [0.2, 0.25) is 0 Å². The van der Waals surface area contributed by atoms with Crippen LogP contribution >= 0.6 is 0 Å². The molecule has 1 fully saturated rings. The highest BCUT2D eigenvalue weighted by molar-refractivity contribution is 4.98. The van der Waals surface area contributed by atoms with Gasteiger partial charge in [-0.25, -0.2) is 8.78 Å². The average molecular weight is 188 g/mol. The normalized spacial score (nSPS) is 30.2. The molecule has 0 aromatic heterocycles. The van der Waals surface area contributed by atoms with Gasteiger partial charge in [-0.15, -0.1) is 0 Å². The van der Waals surface area contributed by atoms with Crippen molar-refractivity contribution in [1.82, 2.24) is 0 Å². The molecule has 0 radical (unpaired) electrons. The molecule has 1 aliphatic rings. The molecule has 0 saturated heterocycles. The molecule has 1 aliphatic carbocycles. The van der Waals surface area contributed by atoms with Gasteiger partial charge in [-0.05, 0) is 45.4 Å². The van der Waals surface area contributed by atoms with Crippen LogP contribution in [0, 0.1) is 11.8 Å². The lowest BCUT2D eigenvalue weighted by Crippen LogP contribution is -2.29. The summed E-state index contributed by atoms with van der Waals surface area (Å²) in [4.78, 5) is 0.